The first-order valence-electron chi connectivity index (χ1n) is 6.45. The van der Waals surface area contributed by atoms with Gasteiger partial charge in [0.15, 0.2) is 0 Å². The molecule has 5 heteroatoms. The van der Waals surface area contributed by atoms with E-state index in [9.17, 15) is 0 Å². The Morgan fingerprint density at radius 2 is 2.32 bits per heavy atom. The summed E-state index contributed by atoms with van der Waals surface area (Å²) in [6.45, 7) is 3.09. The average molecular weight is 259 g/mol. The van der Waals surface area contributed by atoms with E-state index in [4.69, 9.17) is 9.26 Å². The summed E-state index contributed by atoms with van der Waals surface area (Å²) in [5.41, 5.74) is 0.709. The molecule has 1 fully saturated rings. The molecule has 5 nitrogen and oxygen atoms in total. The lowest BCUT2D eigenvalue weighted by atomic mass is 10.0. The van der Waals surface area contributed by atoms with Crippen LogP contribution in [-0.2, 0) is 5.54 Å². The average Bonchev–Trinajstić information content (AvgIpc) is 3.08. The van der Waals surface area contributed by atoms with Gasteiger partial charge < -0.3 is 14.6 Å². The molecule has 2 heterocycles. The highest BCUT2D eigenvalue weighted by molar-refractivity contribution is 5.56. The van der Waals surface area contributed by atoms with Gasteiger partial charge >= 0.3 is 0 Å². The van der Waals surface area contributed by atoms with Gasteiger partial charge in [-0.05, 0) is 38.4 Å². The molecule has 1 saturated heterocycles. The second-order valence-corrected chi connectivity index (χ2v) is 5.02. The molecule has 0 spiro atoms. The molecule has 1 aliphatic rings. The van der Waals surface area contributed by atoms with Gasteiger partial charge in [0, 0.05) is 5.56 Å². The molecule has 1 unspecified atom stereocenters. The maximum absolute atomic E-state index is 5.42. The topological polar surface area (TPSA) is 60.2 Å². The molecular formula is C14H17N3O2. The summed E-state index contributed by atoms with van der Waals surface area (Å²) in [7, 11) is 1.64. The van der Waals surface area contributed by atoms with Crippen LogP contribution in [0.4, 0.5) is 0 Å². The van der Waals surface area contributed by atoms with Crippen molar-refractivity contribution in [2.45, 2.75) is 25.3 Å². The monoisotopic (exact) mass is 259 g/mol. The summed E-state index contributed by atoms with van der Waals surface area (Å²) >= 11 is 0. The highest BCUT2D eigenvalue weighted by atomic mass is 16.5. The number of aromatic nitrogens is 2. The van der Waals surface area contributed by atoms with E-state index in [-0.39, 0.29) is 5.54 Å². The number of ether oxygens (including phenoxy) is 1. The summed E-state index contributed by atoms with van der Waals surface area (Å²) in [5, 5.41) is 7.49. The second kappa shape index (κ2) is 4.66. The predicted molar refractivity (Wildman–Crippen MR) is 70.9 cm³/mol. The fourth-order valence-electron chi connectivity index (χ4n) is 2.40. The fourth-order valence-corrected chi connectivity index (χ4v) is 2.40. The van der Waals surface area contributed by atoms with Crippen LogP contribution in [-0.4, -0.2) is 23.8 Å². The molecule has 0 aliphatic carbocycles. The lowest BCUT2D eigenvalue weighted by molar-refractivity contribution is 0.275. The van der Waals surface area contributed by atoms with Crippen molar-refractivity contribution in [1.82, 2.24) is 15.5 Å². The largest absolute Gasteiger partial charge is 0.497 e. The number of nitrogens with zero attached hydrogens (tertiary/aromatic N) is 2. The van der Waals surface area contributed by atoms with Crippen molar-refractivity contribution in [1.29, 1.82) is 0 Å². The molecule has 3 rings (SSSR count). The Balaban J connectivity index is 1.92. The van der Waals surface area contributed by atoms with Gasteiger partial charge in [-0.1, -0.05) is 17.3 Å². The third kappa shape index (κ3) is 2.21. The van der Waals surface area contributed by atoms with Gasteiger partial charge in [0.1, 0.15) is 5.75 Å². The lowest BCUT2D eigenvalue weighted by Crippen LogP contribution is -2.33. The van der Waals surface area contributed by atoms with Crippen molar-refractivity contribution in [3.05, 3.63) is 30.2 Å². The van der Waals surface area contributed by atoms with Crippen molar-refractivity contribution < 1.29 is 9.26 Å². The Kier molecular flexibility index (Phi) is 2.98. The molecule has 19 heavy (non-hydrogen) atoms. The van der Waals surface area contributed by atoms with Gasteiger partial charge in [-0.2, -0.15) is 4.98 Å². The minimum Gasteiger partial charge on any atom is -0.497 e. The number of hydrogen-bond acceptors (Lipinski definition) is 5. The molecule has 1 aliphatic heterocycles. The van der Waals surface area contributed by atoms with Gasteiger partial charge in [-0.3, -0.25) is 0 Å². The third-order valence-corrected chi connectivity index (χ3v) is 3.59. The molecule has 0 radical (unpaired) electrons. The van der Waals surface area contributed by atoms with Crippen LogP contribution in [0.3, 0.4) is 0 Å². The van der Waals surface area contributed by atoms with Crippen molar-refractivity contribution in [2.75, 3.05) is 13.7 Å². The Morgan fingerprint density at radius 3 is 3.05 bits per heavy atom. The quantitative estimate of drug-likeness (QED) is 0.916. The summed E-state index contributed by atoms with van der Waals surface area (Å²) < 4.78 is 10.6. The molecule has 1 aromatic carbocycles. The highest BCUT2D eigenvalue weighted by Crippen LogP contribution is 2.30. The van der Waals surface area contributed by atoms with E-state index in [2.05, 4.69) is 22.4 Å². The van der Waals surface area contributed by atoms with Gasteiger partial charge in [0.2, 0.25) is 11.7 Å². The minimum absolute atomic E-state index is 0.190. The predicted octanol–water partition coefficient (Wildman–Crippen LogP) is 2.34. The Labute approximate surface area is 112 Å². The van der Waals surface area contributed by atoms with Crippen LogP contribution < -0.4 is 10.1 Å². The number of rotatable bonds is 3. The molecular weight excluding hydrogens is 242 g/mol. The maximum Gasteiger partial charge on any atom is 0.246 e. The summed E-state index contributed by atoms with van der Waals surface area (Å²) in [4.78, 5) is 4.51. The zero-order chi connectivity index (χ0) is 13.3. The first-order chi connectivity index (χ1) is 9.21. The van der Waals surface area contributed by atoms with E-state index < -0.39 is 0 Å². The van der Waals surface area contributed by atoms with Crippen LogP contribution >= 0.6 is 0 Å². The summed E-state index contributed by atoms with van der Waals surface area (Å²) in [6, 6.07) is 7.66. The van der Waals surface area contributed by atoms with Crippen LogP contribution in [0.1, 0.15) is 25.7 Å². The first kappa shape index (κ1) is 12.2. The maximum atomic E-state index is 5.42. The SMILES string of the molecule is COc1cccc(-c2noc(C3(C)CCCN3)n2)c1. The van der Waals surface area contributed by atoms with Crippen LogP contribution in [0, 0.1) is 0 Å². The molecule has 1 aromatic heterocycles. The normalized spacial score (nSPS) is 22.6. The number of nitrogens with one attached hydrogen (secondary N) is 1. The van der Waals surface area contributed by atoms with E-state index in [0.717, 1.165) is 30.7 Å². The van der Waals surface area contributed by atoms with Crippen molar-refractivity contribution in [3.63, 3.8) is 0 Å². The third-order valence-electron chi connectivity index (χ3n) is 3.59. The van der Waals surface area contributed by atoms with Gasteiger partial charge in [-0.25, -0.2) is 0 Å². The van der Waals surface area contributed by atoms with E-state index in [1.807, 2.05) is 24.3 Å². The van der Waals surface area contributed by atoms with E-state index in [1.165, 1.54) is 0 Å². The zero-order valence-electron chi connectivity index (χ0n) is 11.1. The molecule has 100 valence electrons. The minimum atomic E-state index is -0.190. The number of benzene rings is 1. The standard InChI is InChI=1S/C14H17N3O2/c1-14(7-4-8-15-14)13-16-12(17-19-13)10-5-3-6-11(9-10)18-2/h3,5-6,9,15H,4,7-8H2,1-2H3. The van der Waals surface area contributed by atoms with Gasteiger partial charge in [-0.15, -0.1) is 0 Å². The van der Waals surface area contributed by atoms with Gasteiger partial charge in [0.25, 0.3) is 0 Å². The van der Waals surface area contributed by atoms with Crippen molar-refractivity contribution in [3.8, 4) is 17.1 Å². The zero-order valence-corrected chi connectivity index (χ0v) is 11.1. The summed E-state index contributed by atoms with van der Waals surface area (Å²) in [5.74, 6) is 2.04. The van der Waals surface area contributed by atoms with Crippen LogP contribution in [0.15, 0.2) is 28.8 Å². The van der Waals surface area contributed by atoms with E-state index >= 15 is 0 Å². The molecule has 0 bridgehead atoms. The molecule has 1 atom stereocenters. The first-order valence-corrected chi connectivity index (χ1v) is 6.45. The van der Waals surface area contributed by atoms with Crippen LogP contribution in [0.2, 0.25) is 0 Å². The van der Waals surface area contributed by atoms with Crippen LogP contribution in [0.25, 0.3) is 11.4 Å². The number of methoxy groups -OCH3 is 1. The Hall–Kier alpha value is -1.88. The Morgan fingerprint density at radius 1 is 1.42 bits per heavy atom. The molecule has 0 saturated carbocycles. The van der Waals surface area contributed by atoms with Crippen molar-refractivity contribution >= 4 is 0 Å². The van der Waals surface area contributed by atoms with Gasteiger partial charge in [0.05, 0.1) is 12.6 Å². The smallest absolute Gasteiger partial charge is 0.246 e. The highest BCUT2D eigenvalue weighted by Gasteiger charge is 2.35. The molecule has 0 amide bonds. The fraction of sp³-hybridized carbons (Fsp3) is 0.429. The number of hydrogen-bond donors (Lipinski definition) is 1. The van der Waals surface area contributed by atoms with E-state index in [0.29, 0.717) is 11.7 Å². The molecule has 2 aromatic rings. The van der Waals surface area contributed by atoms with E-state index in [1.54, 1.807) is 7.11 Å². The van der Waals surface area contributed by atoms with Crippen LogP contribution in [0.5, 0.6) is 5.75 Å². The summed E-state index contributed by atoms with van der Waals surface area (Å²) in [6.07, 6.45) is 2.15. The molecule has 1 N–H and O–H groups in total. The lowest BCUT2D eigenvalue weighted by Gasteiger charge is -2.18. The van der Waals surface area contributed by atoms with Crippen molar-refractivity contribution in [2.24, 2.45) is 0 Å². The Bertz CT molecular complexity index is 574. The second-order valence-electron chi connectivity index (χ2n) is 5.02.